The molecule has 0 atom stereocenters. The SMILES string of the molecule is CC=Cc1c[nH]c2cc(OC)ccc12. The fraction of sp³-hybridized carbons (Fsp3) is 0.167. The summed E-state index contributed by atoms with van der Waals surface area (Å²) in [6, 6.07) is 6.05. The summed E-state index contributed by atoms with van der Waals surface area (Å²) >= 11 is 0. The molecule has 0 amide bonds. The Balaban J connectivity index is 2.59. The minimum Gasteiger partial charge on any atom is -0.497 e. The molecular weight excluding hydrogens is 174 g/mol. The normalized spacial score (nSPS) is 11.3. The van der Waals surface area contributed by atoms with Crippen LogP contribution in [0.15, 0.2) is 30.5 Å². The molecule has 0 aliphatic rings. The number of nitrogens with one attached hydrogen (secondary N) is 1. The van der Waals surface area contributed by atoms with E-state index in [1.54, 1.807) is 7.11 Å². The van der Waals surface area contributed by atoms with E-state index in [1.165, 1.54) is 10.9 Å². The number of rotatable bonds is 2. The van der Waals surface area contributed by atoms with Crippen LogP contribution in [0.5, 0.6) is 5.75 Å². The molecule has 2 rings (SSSR count). The number of ether oxygens (including phenoxy) is 1. The van der Waals surface area contributed by atoms with Crippen molar-refractivity contribution in [3.63, 3.8) is 0 Å². The van der Waals surface area contributed by atoms with Gasteiger partial charge in [0.05, 0.1) is 7.11 Å². The molecule has 0 fully saturated rings. The summed E-state index contributed by atoms with van der Waals surface area (Å²) in [5.74, 6) is 0.881. The van der Waals surface area contributed by atoms with Crippen LogP contribution in [0.25, 0.3) is 17.0 Å². The molecule has 1 heterocycles. The van der Waals surface area contributed by atoms with E-state index in [0.717, 1.165) is 11.3 Å². The Kier molecular flexibility index (Phi) is 2.27. The van der Waals surface area contributed by atoms with Crippen LogP contribution in [-0.4, -0.2) is 12.1 Å². The zero-order valence-corrected chi connectivity index (χ0v) is 8.37. The highest BCUT2D eigenvalue weighted by Gasteiger charge is 2.01. The fourth-order valence-corrected chi connectivity index (χ4v) is 1.57. The van der Waals surface area contributed by atoms with Crippen molar-refractivity contribution in [3.8, 4) is 5.75 Å². The smallest absolute Gasteiger partial charge is 0.120 e. The molecule has 0 saturated carbocycles. The lowest BCUT2D eigenvalue weighted by atomic mass is 10.1. The van der Waals surface area contributed by atoms with E-state index >= 15 is 0 Å². The van der Waals surface area contributed by atoms with Crippen LogP contribution in [0.4, 0.5) is 0 Å². The molecule has 1 aromatic heterocycles. The van der Waals surface area contributed by atoms with Crippen molar-refractivity contribution in [1.29, 1.82) is 0 Å². The largest absolute Gasteiger partial charge is 0.497 e. The highest BCUT2D eigenvalue weighted by molar-refractivity contribution is 5.89. The Labute approximate surface area is 83.2 Å². The number of methoxy groups -OCH3 is 1. The van der Waals surface area contributed by atoms with Crippen LogP contribution in [-0.2, 0) is 0 Å². The van der Waals surface area contributed by atoms with Gasteiger partial charge in [0.2, 0.25) is 0 Å². The highest BCUT2D eigenvalue weighted by Crippen LogP contribution is 2.23. The fourth-order valence-electron chi connectivity index (χ4n) is 1.57. The van der Waals surface area contributed by atoms with Gasteiger partial charge in [-0.3, -0.25) is 0 Å². The standard InChI is InChI=1S/C12H13NO/c1-3-4-9-8-13-12-7-10(14-2)5-6-11(9)12/h3-8,13H,1-2H3. The van der Waals surface area contributed by atoms with Crippen molar-refractivity contribution in [1.82, 2.24) is 4.98 Å². The molecule has 0 radical (unpaired) electrons. The predicted octanol–water partition coefficient (Wildman–Crippen LogP) is 3.21. The molecule has 0 unspecified atom stereocenters. The van der Waals surface area contributed by atoms with Crippen molar-refractivity contribution in [2.75, 3.05) is 7.11 Å². The van der Waals surface area contributed by atoms with E-state index < -0.39 is 0 Å². The van der Waals surface area contributed by atoms with Gasteiger partial charge in [-0.25, -0.2) is 0 Å². The summed E-state index contributed by atoms with van der Waals surface area (Å²) in [6.45, 7) is 2.02. The van der Waals surface area contributed by atoms with Gasteiger partial charge in [-0.05, 0) is 24.6 Å². The third-order valence-electron chi connectivity index (χ3n) is 2.27. The molecule has 2 heteroatoms. The number of benzene rings is 1. The van der Waals surface area contributed by atoms with Crippen LogP contribution < -0.4 is 4.74 Å². The zero-order valence-electron chi connectivity index (χ0n) is 8.37. The maximum atomic E-state index is 5.15. The molecule has 2 aromatic rings. The van der Waals surface area contributed by atoms with Crippen LogP contribution in [0.1, 0.15) is 12.5 Å². The molecule has 2 nitrogen and oxygen atoms in total. The molecule has 0 spiro atoms. The second-order valence-electron chi connectivity index (χ2n) is 3.16. The number of fused-ring (bicyclic) bond motifs is 1. The molecule has 1 aromatic carbocycles. The van der Waals surface area contributed by atoms with Crippen LogP contribution in [0.3, 0.4) is 0 Å². The molecule has 0 saturated heterocycles. The number of aromatic amines is 1. The third-order valence-corrected chi connectivity index (χ3v) is 2.27. The van der Waals surface area contributed by atoms with Crippen molar-refractivity contribution in [2.45, 2.75) is 6.92 Å². The molecule has 0 bridgehead atoms. The average Bonchev–Trinajstić information content (AvgIpc) is 2.61. The molecule has 0 aliphatic carbocycles. The maximum absolute atomic E-state index is 5.15. The summed E-state index contributed by atoms with van der Waals surface area (Å²) in [5, 5.41) is 1.23. The van der Waals surface area contributed by atoms with Crippen LogP contribution in [0, 0.1) is 0 Å². The molecule has 1 N–H and O–H groups in total. The number of aromatic nitrogens is 1. The lowest BCUT2D eigenvalue weighted by molar-refractivity contribution is 0.415. The summed E-state index contributed by atoms with van der Waals surface area (Å²) < 4.78 is 5.15. The van der Waals surface area contributed by atoms with Gasteiger partial charge in [-0.15, -0.1) is 0 Å². The van der Waals surface area contributed by atoms with Gasteiger partial charge >= 0.3 is 0 Å². The van der Waals surface area contributed by atoms with E-state index in [0.29, 0.717) is 0 Å². The van der Waals surface area contributed by atoms with Gasteiger partial charge in [-0.1, -0.05) is 12.2 Å². The second-order valence-corrected chi connectivity index (χ2v) is 3.16. The predicted molar refractivity (Wildman–Crippen MR) is 59.6 cm³/mol. The Bertz CT molecular complexity index is 468. The van der Waals surface area contributed by atoms with E-state index in [4.69, 9.17) is 4.74 Å². The first-order valence-electron chi connectivity index (χ1n) is 4.63. The summed E-state index contributed by atoms with van der Waals surface area (Å²) in [4.78, 5) is 3.22. The van der Waals surface area contributed by atoms with E-state index in [9.17, 15) is 0 Å². The van der Waals surface area contributed by atoms with Gasteiger partial charge in [0, 0.05) is 23.2 Å². The number of hydrogen-bond acceptors (Lipinski definition) is 1. The molecular formula is C12H13NO. The van der Waals surface area contributed by atoms with Crippen LogP contribution >= 0.6 is 0 Å². The van der Waals surface area contributed by atoms with Crippen molar-refractivity contribution in [2.24, 2.45) is 0 Å². The first kappa shape index (κ1) is 8.88. The first-order chi connectivity index (χ1) is 6.85. The molecule has 72 valence electrons. The minimum atomic E-state index is 0.881. The number of hydrogen-bond donors (Lipinski definition) is 1. The topological polar surface area (TPSA) is 25.0 Å². The van der Waals surface area contributed by atoms with E-state index in [1.807, 2.05) is 31.3 Å². The molecule has 14 heavy (non-hydrogen) atoms. The van der Waals surface area contributed by atoms with Gasteiger partial charge in [0.25, 0.3) is 0 Å². The van der Waals surface area contributed by atoms with Crippen molar-refractivity contribution >= 4 is 17.0 Å². The van der Waals surface area contributed by atoms with Crippen molar-refractivity contribution < 1.29 is 4.74 Å². The monoisotopic (exact) mass is 187 g/mol. The highest BCUT2D eigenvalue weighted by atomic mass is 16.5. The minimum absolute atomic E-state index is 0.881. The van der Waals surface area contributed by atoms with Gasteiger partial charge < -0.3 is 9.72 Å². The van der Waals surface area contributed by atoms with Crippen LogP contribution in [0.2, 0.25) is 0 Å². The maximum Gasteiger partial charge on any atom is 0.120 e. The summed E-state index contributed by atoms with van der Waals surface area (Å²) in [5.41, 5.74) is 2.32. The zero-order chi connectivity index (χ0) is 9.97. The van der Waals surface area contributed by atoms with Gasteiger partial charge in [0.15, 0.2) is 0 Å². The van der Waals surface area contributed by atoms with Gasteiger partial charge in [-0.2, -0.15) is 0 Å². The van der Waals surface area contributed by atoms with E-state index in [-0.39, 0.29) is 0 Å². The number of H-pyrrole nitrogens is 1. The summed E-state index contributed by atoms with van der Waals surface area (Å²) in [6.07, 6.45) is 6.13. The quantitative estimate of drug-likeness (QED) is 0.767. The van der Waals surface area contributed by atoms with Crippen molar-refractivity contribution in [3.05, 3.63) is 36.0 Å². The Morgan fingerprint density at radius 2 is 2.21 bits per heavy atom. The van der Waals surface area contributed by atoms with Gasteiger partial charge in [0.1, 0.15) is 5.75 Å². The Morgan fingerprint density at radius 1 is 1.36 bits per heavy atom. The Morgan fingerprint density at radius 3 is 2.93 bits per heavy atom. The first-order valence-corrected chi connectivity index (χ1v) is 4.63. The Hall–Kier alpha value is -1.70. The second kappa shape index (κ2) is 3.58. The lowest BCUT2D eigenvalue weighted by Gasteiger charge is -1.98. The average molecular weight is 187 g/mol. The third kappa shape index (κ3) is 1.39. The molecule has 0 aliphatic heterocycles. The lowest BCUT2D eigenvalue weighted by Crippen LogP contribution is -1.81. The number of allylic oxidation sites excluding steroid dienone is 1. The van der Waals surface area contributed by atoms with E-state index in [2.05, 4.69) is 17.1 Å². The summed E-state index contributed by atoms with van der Waals surface area (Å²) in [7, 11) is 1.68.